The standard InChI is InChI=1S/C7H12N2S/c1-6(2)5-9-7(10)3-4-8-9/h3-4,6,8H,5H2,1-2H3. The van der Waals surface area contributed by atoms with E-state index < -0.39 is 0 Å². The molecule has 0 aliphatic heterocycles. The molecule has 1 aromatic rings. The van der Waals surface area contributed by atoms with Gasteiger partial charge in [0.2, 0.25) is 0 Å². The number of nitrogens with one attached hydrogen (secondary N) is 1. The molecule has 10 heavy (non-hydrogen) atoms. The number of nitrogens with zero attached hydrogens (tertiary/aromatic N) is 1. The van der Waals surface area contributed by atoms with Crippen molar-refractivity contribution in [3.8, 4) is 0 Å². The fraction of sp³-hybridized carbons (Fsp3) is 0.571. The molecule has 0 aliphatic carbocycles. The molecule has 1 aromatic heterocycles. The van der Waals surface area contributed by atoms with Crippen LogP contribution in [0.25, 0.3) is 0 Å². The van der Waals surface area contributed by atoms with Crippen molar-refractivity contribution in [2.45, 2.75) is 20.4 Å². The number of rotatable bonds is 2. The van der Waals surface area contributed by atoms with E-state index in [4.69, 9.17) is 12.2 Å². The predicted octanol–water partition coefficient (Wildman–Crippen LogP) is 2.20. The lowest BCUT2D eigenvalue weighted by molar-refractivity contribution is 0.479. The summed E-state index contributed by atoms with van der Waals surface area (Å²) in [5.41, 5.74) is 0. The highest BCUT2D eigenvalue weighted by Crippen LogP contribution is 1.98. The lowest BCUT2D eigenvalue weighted by Gasteiger charge is -2.04. The molecule has 0 bridgehead atoms. The topological polar surface area (TPSA) is 20.7 Å². The second kappa shape index (κ2) is 3.01. The first-order valence-corrected chi connectivity index (χ1v) is 3.85. The second-order valence-electron chi connectivity index (χ2n) is 2.81. The van der Waals surface area contributed by atoms with E-state index in [1.165, 1.54) is 0 Å². The number of aromatic amines is 1. The highest BCUT2D eigenvalue weighted by atomic mass is 32.1. The van der Waals surface area contributed by atoms with Crippen LogP contribution in [-0.2, 0) is 6.54 Å². The Balaban J connectivity index is 2.75. The van der Waals surface area contributed by atoms with Gasteiger partial charge in [0.1, 0.15) is 4.64 Å². The van der Waals surface area contributed by atoms with Crippen molar-refractivity contribution in [2.75, 3.05) is 0 Å². The molecule has 0 saturated carbocycles. The minimum Gasteiger partial charge on any atom is -0.305 e. The Kier molecular flexibility index (Phi) is 2.27. The van der Waals surface area contributed by atoms with E-state index in [-0.39, 0.29) is 0 Å². The van der Waals surface area contributed by atoms with E-state index in [0.717, 1.165) is 11.2 Å². The van der Waals surface area contributed by atoms with Crippen molar-refractivity contribution in [2.24, 2.45) is 5.92 Å². The van der Waals surface area contributed by atoms with Crippen LogP contribution in [0.3, 0.4) is 0 Å². The molecule has 2 nitrogen and oxygen atoms in total. The van der Waals surface area contributed by atoms with Gasteiger partial charge in [-0.1, -0.05) is 26.1 Å². The molecule has 1 N–H and O–H groups in total. The summed E-state index contributed by atoms with van der Waals surface area (Å²) in [5, 5.41) is 3.05. The molecule has 0 atom stereocenters. The fourth-order valence-corrected chi connectivity index (χ4v) is 1.06. The Hall–Kier alpha value is -0.570. The van der Waals surface area contributed by atoms with Gasteiger partial charge < -0.3 is 5.10 Å². The first-order chi connectivity index (χ1) is 4.70. The molecule has 0 aliphatic rings. The molecular weight excluding hydrogens is 144 g/mol. The Morgan fingerprint density at radius 1 is 1.70 bits per heavy atom. The molecule has 56 valence electrons. The monoisotopic (exact) mass is 156 g/mol. The van der Waals surface area contributed by atoms with Gasteiger partial charge in [-0.3, -0.25) is 4.68 Å². The maximum absolute atomic E-state index is 5.04. The second-order valence-corrected chi connectivity index (χ2v) is 3.22. The minimum absolute atomic E-state index is 0.644. The Morgan fingerprint density at radius 3 is 2.80 bits per heavy atom. The predicted molar refractivity (Wildman–Crippen MR) is 44.5 cm³/mol. The molecule has 0 unspecified atom stereocenters. The average molecular weight is 156 g/mol. The summed E-state index contributed by atoms with van der Waals surface area (Å²) in [4.78, 5) is 0. The van der Waals surface area contributed by atoms with Gasteiger partial charge in [-0.15, -0.1) is 0 Å². The number of aromatic nitrogens is 2. The van der Waals surface area contributed by atoms with E-state index in [1.54, 1.807) is 0 Å². The third kappa shape index (κ3) is 1.70. The zero-order chi connectivity index (χ0) is 7.56. The Labute approximate surface area is 65.9 Å². The van der Waals surface area contributed by atoms with Crippen LogP contribution in [0.5, 0.6) is 0 Å². The van der Waals surface area contributed by atoms with Gasteiger partial charge in [0.05, 0.1) is 0 Å². The van der Waals surface area contributed by atoms with Gasteiger partial charge in [0.15, 0.2) is 0 Å². The van der Waals surface area contributed by atoms with Crippen molar-refractivity contribution < 1.29 is 0 Å². The summed E-state index contributed by atoms with van der Waals surface area (Å²) in [7, 11) is 0. The molecule has 0 amide bonds. The highest BCUT2D eigenvalue weighted by molar-refractivity contribution is 7.71. The molecule has 0 radical (unpaired) electrons. The van der Waals surface area contributed by atoms with Crippen LogP contribution >= 0.6 is 12.2 Å². The van der Waals surface area contributed by atoms with E-state index in [2.05, 4.69) is 18.9 Å². The molecule has 0 spiro atoms. The highest BCUT2D eigenvalue weighted by Gasteiger charge is 1.95. The largest absolute Gasteiger partial charge is 0.305 e. The van der Waals surface area contributed by atoms with E-state index >= 15 is 0 Å². The normalized spacial score (nSPS) is 10.7. The average Bonchev–Trinajstić information content (AvgIpc) is 2.15. The zero-order valence-corrected chi connectivity index (χ0v) is 7.11. The quantitative estimate of drug-likeness (QED) is 0.651. The maximum atomic E-state index is 5.04. The fourth-order valence-electron chi connectivity index (χ4n) is 0.860. The third-order valence-electron chi connectivity index (χ3n) is 1.27. The molecule has 1 rings (SSSR count). The summed E-state index contributed by atoms with van der Waals surface area (Å²) in [6.07, 6.45) is 1.87. The molecule has 3 heteroatoms. The number of hydrogen-bond donors (Lipinski definition) is 1. The van der Waals surface area contributed by atoms with E-state index in [9.17, 15) is 0 Å². The van der Waals surface area contributed by atoms with Crippen molar-refractivity contribution in [1.82, 2.24) is 9.78 Å². The third-order valence-corrected chi connectivity index (χ3v) is 1.63. The minimum atomic E-state index is 0.644. The van der Waals surface area contributed by atoms with Crippen molar-refractivity contribution in [1.29, 1.82) is 0 Å². The Bertz CT molecular complexity index is 246. The summed E-state index contributed by atoms with van der Waals surface area (Å²) in [6, 6.07) is 1.90. The number of hydrogen-bond acceptors (Lipinski definition) is 1. The molecule has 0 aromatic carbocycles. The van der Waals surface area contributed by atoms with Crippen LogP contribution in [0.4, 0.5) is 0 Å². The smallest absolute Gasteiger partial charge is 0.121 e. The number of H-pyrrole nitrogens is 1. The van der Waals surface area contributed by atoms with Crippen LogP contribution in [0.15, 0.2) is 12.3 Å². The summed E-state index contributed by atoms with van der Waals surface area (Å²) >= 11 is 5.04. The van der Waals surface area contributed by atoms with Gasteiger partial charge in [-0.25, -0.2) is 0 Å². The van der Waals surface area contributed by atoms with Gasteiger partial charge in [-0.05, 0) is 12.0 Å². The van der Waals surface area contributed by atoms with E-state index in [0.29, 0.717) is 5.92 Å². The van der Waals surface area contributed by atoms with Gasteiger partial charge in [-0.2, -0.15) is 0 Å². The van der Waals surface area contributed by atoms with Crippen LogP contribution in [-0.4, -0.2) is 9.78 Å². The first kappa shape index (κ1) is 7.54. The van der Waals surface area contributed by atoms with Crippen molar-refractivity contribution in [3.05, 3.63) is 16.9 Å². The summed E-state index contributed by atoms with van der Waals surface area (Å²) < 4.78 is 2.86. The van der Waals surface area contributed by atoms with Gasteiger partial charge >= 0.3 is 0 Å². The summed E-state index contributed by atoms with van der Waals surface area (Å²) in [6.45, 7) is 5.32. The van der Waals surface area contributed by atoms with Crippen LogP contribution in [0.2, 0.25) is 0 Å². The van der Waals surface area contributed by atoms with Gasteiger partial charge in [0, 0.05) is 12.7 Å². The lowest BCUT2D eigenvalue weighted by atomic mass is 10.2. The van der Waals surface area contributed by atoms with Crippen molar-refractivity contribution in [3.63, 3.8) is 0 Å². The van der Waals surface area contributed by atoms with Gasteiger partial charge in [0.25, 0.3) is 0 Å². The molecule has 0 fully saturated rings. The first-order valence-electron chi connectivity index (χ1n) is 3.44. The lowest BCUT2D eigenvalue weighted by Crippen LogP contribution is -2.05. The van der Waals surface area contributed by atoms with E-state index in [1.807, 2.05) is 16.9 Å². The SMILES string of the molecule is CC(C)Cn1[nH]ccc1=S. The molecular formula is C7H12N2S. The Morgan fingerprint density at radius 2 is 2.40 bits per heavy atom. The molecule has 1 heterocycles. The molecule has 0 saturated heterocycles. The summed E-state index contributed by atoms with van der Waals surface area (Å²) in [5.74, 6) is 0.644. The van der Waals surface area contributed by atoms with Crippen LogP contribution in [0.1, 0.15) is 13.8 Å². The van der Waals surface area contributed by atoms with Crippen LogP contribution < -0.4 is 0 Å². The van der Waals surface area contributed by atoms with Crippen LogP contribution in [0, 0.1) is 10.6 Å². The maximum Gasteiger partial charge on any atom is 0.121 e. The zero-order valence-electron chi connectivity index (χ0n) is 6.29. The van der Waals surface area contributed by atoms with Crippen molar-refractivity contribution >= 4 is 12.2 Å².